The number of rotatable bonds is 8. The summed E-state index contributed by atoms with van der Waals surface area (Å²) in [6.07, 6.45) is 4.61. The molecule has 3 rings (SSSR count). The van der Waals surface area contributed by atoms with Crippen LogP contribution in [-0.2, 0) is 20.7 Å². The van der Waals surface area contributed by atoms with Crippen molar-refractivity contribution in [2.45, 2.75) is 83.0 Å². The molecule has 1 fully saturated rings. The number of benzene rings is 2. The topological polar surface area (TPSA) is 108 Å². The molecule has 0 radical (unpaired) electrons. The lowest BCUT2D eigenvalue weighted by atomic mass is 9.94. The molecule has 3 N–H and O–H groups in total. The lowest BCUT2D eigenvalue weighted by molar-refractivity contribution is -0.141. The first kappa shape index (κ1) is 28.0. The highest BCUT2D eigenvalue weighted by Gasteiger charge is 2.35. The van der Waals surface area contributed by atoms with E-state index in [0.717, 1.165) is 37.7 Å². The summed E-state index contributed by atoms with van der Waals surface area (Å²) in [5.41, 5.74) is 0.695. The third-order valence-electron chi connectivity index (χ3n) is 6.42. The molecule has 2 atom stereocenters. The number of phenolic OH excluding ortho intramolecular Hbond substituents is 1. The van der Waals surface area contributed by atoms with E-state index < -0.39 is 29.7 Å². The minimum Gasteiger partial charge on any atom is -0.508 e. The van der Waals surface area contributed by atoms with Crippen LogP contribution in [0.15, 0.2) is 54.6 Å². The summed E-state index contributed by atoms with van der Waals surface area (Å²) < 4.78 is 5.41. The number of amides is 3. The molecule has 200 valence electrons. The molecule has 0 heterocycles. The number of nitrogens with one attached hydrogen (secondary N) is 2. The zero-order valence-corrected chi connectivity index (χ0v) is 22.2. The van der Waals surface area contributed by atoms with E-state index in [0.29, 0.717) is 5.56 Å². The Kier molecular flexibility index (Phi) is 9.55. The van der Waals surface area contributed by atoms with E-state index in [2.05, 4.69) is 10.6 Å². The highest BCUT2D eigenvalue weighted by atomic mass is 16.6. The molecule has 2 aromatic carbocycles. The molecule has 0 saturated heterocycles. The molecule has 0 bridgehead atoms. The quantitative estimate of drug-likeness (QED) is 0.486. The van der Waals surface area contributed by atoms with Crippen LogP contribution in [0.3, 0.4) is 0 Å². The van der Waals surface area contributed by atoms with Crippen LogP contribution in [0.1, 0.15) is 70.0 Å². The first-order valence-corrected chi connectivity index (χ1v) is 12.9. The summed E-state index contributed by atoms with van der Waals surface area (Å²) in [4.78, 5) is 41.4. The molecule has 0 aromatic heterocycles. The highest BCUT2D eigenvalue weighted by molar-refractivity contribution is 5.92. The minimum absolute atomic E-state index is 0.0596. The van der Waals surface area contributed by atoms with Gasteiger partial charge in [-0.1, -0.05) is 61.7 Å². The number of ether oxygens (including phenoxy) is 1. The van der Waals surface area contributed by atoms with Gasteiger partial charge in [-0.2, -0.15) is 0 Å². The number of hydrogen-bond donors (Lipinski definition) is 3. The molecular formula is C29H39N3O5. The van der Waals surface area contributed by atoms with Gasteiger partial charge < -0.3 is 25.4 Å². The lowest BCUT2D eigenvalue weighted by Crippen LogP contribution is -2.53. The van der Waals surface area contributed by atoms with Crippen LogP contribution >= 0.6 is 0 Å². The monoisotopic (exact) mass is 509 g/mol. The Labute approximate surface area is 219 Å². The van der Waals surface area contributed by atoms with Crippen molar-refractivity contribution in [1.82, 2.24) is 15.5 Å². The third-order valence-corrected chi connectivity index (χ3v) is 6.42. The number of alkyl carbamates (subject to hydrolysis) is 1. The number of likely N-dealkylation sites (N-methyl/N-ethyl adjacent to an activating group) is 1. The predicted octanol–water partition coefficient (Wildman–Crippen LogP) is 4.48. The number of carbonyl (C=O) groups is 3. The minimum atomic E-state index is -0.954. The van der Waals surface area contributed by atoms with Gasteiger partial charge in [-0.15, -0.1) is 0 Å². The van der Waals surface area contributed by atoms with Gasteiger partial charge in [0.05, 0.1) is 0 Å². The van der Waals surface area contributed by atoms with E-state index in [9.17, 15) is 19.5 Å². The van der Waals surface area contributed by atoms with Crippen LogP contribution in [0.5, 0.6) is 5.75 Å². The van der Waals surface area contributed by atoms with E-state index >= 15 is 0 Å². The maximum Gasteiger partial charge on any atom is 0.408 e. The standard InChI is InChI=1S/C29H39N3O5/c1-29(2,3)37-28(36)31-24(19-20-11-7-5-8-12-20)27(35)32(4)25(21-15-17-23(33)18-16-21)26(34)30-22-13-9-6-10-14-22/h5,7-8,11-12,15-18,22,24-25,33H,6,9-10,13-14,19H2,1-4H3,(H,30,34)(H,31,36). The second kappa shape index (κ2) is 12.6. The predicted molar refractivity (Wildman–Crippen MR) is 142 cm³/mol. The van der Waals surface area contributed by atoms with E-state index in [1.165, 1.54) is 17.0 Å². The maximum absolute atomic E-state index is 13.9. The average Bonchev–Trinajstić information content (AvgIpc) is 2.84. The van der Waals surface area contributed by atoms with Gasteiger partial charge in [0.1, 0.15) is 23.4 Å². The Bertz CT molecular complexity index is 1040. The fourth-order valence-corrected chi connectivity index (χ4v) is 4.61. The van der Waals surface area contributed by atoms with Crippen molar-refractivity contribution in [3.8, 4) is 5.75 Å². The zero-order valence-electron chi connectivity index (χ0n) is 22.2. The van der Waals surface area contributed by atoms with Gasteiger partial charge >= 0.3 is 6.09 Å². The van der Waals surface area contributed by atoms with Crippen molar-refractivity contribution in [2.75, 3.05) is 7.05 Å². The largest absolute Gasteiger partial charge is 0.508 e. The Morgan fingerprint density at radius 1 is 1.00 bits per heavy atom. The maximum atomic E-state index is 13.9. The molecular weight excluding hydrogens is 470 g/mol. The first-order chi connectivity index (χ1) is 17.5. The molecule has 37 heavy (non-hydrogen) atoms. The van der Waals surface area contributed by atoms with Gasteiger partial charge in [-0.3, -0.25) is 9.59 Å². The van der Waals surface area contributed by atoms with Gasteiger partial charge in [0.25, 0.3) is 0 Å². The Balaban J connectivity index is 1.88. The van der Waals surface area contributed by atoms with E-state index in [1.807, 2.05) is 30.3 Å². The number of carbonyl (C=O) groups excluding carboxylic acids is 3. The Morgan fingerprint density at radius 3 is 2.22 bits per heavy atom. The van der Waals surface area contributed by atoms with Gasteiger partial charge in [0.2, 0.25) is 11.8 Å². The Morgan fingerprint density at radius 2 is 1.62 bits per heavy atom. The molecule has 2 aromatic rings. The van der Waals surface area contributed by atoms with Crippen molar-refractivity contribution < 1.29 is 24.2 Å². The molecule has 1 saturated carbocycles. The molecule has 0 spiro atoms. The smallest absolute Gasteiger partial charge is 0.408 e. The molecule has 0 aliphatic heterocycles. The van der Waals surface area contributed by atoms with Crippen LogP contribution in [0.4, 0.5) is 4.79 Å². The van der Waals surface area contributed by atoms with E-state index in [4.69, 9.17) is 4.74 Å². The van der Waals surface area contributed by atoms with Crippen LogP contribution in [0, 0.1) is 0 Å². The van der Waals surface area contributed by atoms with Crippen LogP contribution in [-0.4, -0.2) is 52.6 Å². The number of aromatic hydroxyl groups is 1. The molecule has 2 unspecified atom stereocenters. The molecule has 8 heteroatoms. The molecule has 1 aliphatic carbocycles. The number of hydrogen-bond acceptors (Lipinski definition) is 5. The Hall–Kier alpha value is -3.55. The van der Waals surface area contributed by atoms with Gasteiger partial charge in [-0.05, 0) is 56.9 Å². The van der Waals surface area contributed by atoms with Gasteiger partial charge in [0.15, 0.2) is 0 Å². The summed E-state index contributed by atoms with van der Waals surface area (Å²) in [6, 6.07) is 13.8. The molecule has 3 amide bonds. The van der Waals surface area contributed by atoms with Crippen LogP contribution in [0.25, 0.3) is 0 Å². The number of nitrogens with zero attached hydrogens (tertiary/aromatic N) is 1. The third kappa shape index (κ3) is 8.51. The zero-order chi connectivity index (χ0) is 27.0. The van der Waals surface area contributed by atoms with Crippen LogP contribution in [0.2, 0.25) is 0 Å². The van der Waals surface area contributed by atoms with Crippen molar-refractivity contribution in [1.29, 1.82) is 0 Å². The van der Waals surface area contributed by atoms with Gasteiger partial charge in [0, 0.05) is 19.5 Å². The summed E-state index contributed by atoms with van der Waals surface area (Å²) in [5, 5.41) is 15.6. The lowest BCUT2D eigenvalue weighted by Gasteiger charge is -2.33. The summed E-state index contributed by atoms with van der Waals surface area (Å²) in [7, 11) is 1.56. The molecule has 1 aliphatic rings. The van der Waals surface area contributed by atoms with Crippen molar-refractivity contribution in [2.24, 2.45) is 0 Å². The van der Waals surface area contributed by atoms with Crippen molar-refractivity contribution >= 4 is 17.9 Å². The second-order valence-electron chi connectivity index (χ2n) is 10.7. The van der Waals surface area contributed by atoms with E-state index in [1.54, 1.807) is 40.0 Å². The summed E-state index contributed by atoms with van der Waals surface area (Å²) in [6.45, 7) is 5.26. The summed E-state index contributed by atoms with van der Waals surface area (Å²) >= 11 is 0. The fourth-order valence-electron chi connectivity index (χ4n) is 4.61. The van der Waals surface area contributed by atoms with Crippen LogP contribution < -0.4 is 10.6 Å². The second-order valence-corrected chi connectivity index (χ2v) is 10.7. The van der Waals surface area contributed by atoms with Crippen molar-refractivity contribution in [3.05, 3.63) is 65.7 Å². The molecule has 8 nitrogen and oxygen atoms in total. The normalized spacial score (nSPS) is 15.8. The highest BCUT2D eigenvalue weighted by Crippen LogP contribution is 2.25. The fraction of sp³-hybridized carbons (Fsp3) is 0.483. The van der Waals surface area contributed by atoms with E-state index in [-0.39, 0.29) is 24.1 Å². The van der Waals surface area contributed by atoms with Crippen molar-refractivity contribution in [3.63, 3.8) is 0 Å². The van der Waals surface area contributed by atoms with Gasteiger partial charge in [-0.25, -0.2) is 4.79 Å². The summed E-state index contributed by atoms with van der Waals surface area (Å²) in [5.74, 6) is -0.645. The average molecular weight is 510 g/mol. The SMILES string of the molecule is CN(C(=O)C(Cc1ccccc1)NC(=O)OC(C)(C)C)C(C(=O)NC1CCCCC1)c1ccc(O)cc1. The number of phenols is 1. The first-order valence-electron chi connectivity index (χ1n) is 12.9.